The van der Waals surface area contributed by atoms with Gasteiger partial charge in [0, 0.05) is 18.8 Å². The normalized spacial score (nSPS) is 10.2. The first-order valence-corrected chi connectivity index (χ1v) is 6.20. The molecule has 0 radical (unpaired) electrons. The molecule has 0 spiro atoms. The maximum absolute atomic E-state index is 4.22. The van der Waals surface area contributed by atoms with Crippen LogP contribution in [0, 0.1) is 6.92 Å². The second-order valence-corrected chi connectivity index (χ2v) is 4.30. The minimum atomic E-state index is 1.10. The molecule has 16 heavy (non-hydrogen) atoms. The quantitative estimate of drug-likeness (QED) is 0.693. The van der Waals surface area contributed by atoms with Crippen LogP contribution in [0.5, 0.6) is 0 Å². The summed E-state index contributed by atoms with van der Waals surface area (Å²) in [5.74, 6) is 0. The van der Waals surface area contributed by atoms with Gasteiger partial charge >= 0.3 is 0 Å². The Bertz CT molecular complexity index is 318. The van der Waals surface area contributed by atoms with Crippen LogP contribution < -0.4 is 0 Å². The van der Waals surface area contributed by atoms with Crippen molar-refractivity contribution in [2.45, 2.75) is 33.6 Å². The van der Waals surface area contributed by atoms with Crippen molar-refractivity contribution in [3.05, 3.63) is 42.0 Å². The largest absolute Gasteiger partial charge is 0.372 e. The molecular formula is C15H23N. The topological polar surface area (TPSA) is 3.24 Å². The molecule has 88 valence electrons. The van der Waals surface area contributed by atoms with E-state index in [-0.39, 0.29) is 0 Å². The summed E-state index contributed by atoms with van der Waals surface area (Å²) in [7, 11) is 0. The summed E-state index contributed by atoms with van der Waals surface area (Å²) in [5.41, 5.74) is 3.70. The van der Waals surface area contributed by atoms with Crippen molar-refractivity contribution in [3.63, 3.8) is 0 Å². The third-order valence-corrected chi connectivity index (χ3v) is 2.75. The SMILES string of the molecule is C=C(c1ccc(C)cc1)N(CCC)CCC. The van der Waals surface area contributed by atoms with Crippen LogP contribution in [0.25, 0.3) is 5.70 Å². The van der Waals surface area contributed by atoms with Gasteiger partial charge in [-0.1, -0.05) is 50.3 Å². The molecule has 0 amide bonds. The molecule has 0 aliphatic carbocycles. The van der Waals surface area contributed by atoms with Gasteiger partial charge in [-0.25, -0.2) is 0 Å². The predicted molar refractivity (Wildman–Crippen MR) is 72.4 cm³/mol. The van der Waals surface area contributed by atoms with Crippen molar-refractivity contribution in [1.82, 2.24) is 4.90 Å². The molecule has 1 nitrogen and oxygen atoms in total. The van der Waals surface area contributed by atoms with E-state index < -0.39 is 0 Å². The minimum absolute atomic E-state index is 1.10. The summed E-state index contributed by atoms with van der Waals surface area (Å²) in [6.45, 7) is 13.0. The van der Waals surface area contributed by atoms with Crippen molar-refractivity contribution in [2.75, 3.05) is 13.1 Å². The summed E-state index contributed by atoms with van der Waals surface area (Å²) in [5, 5.41) is 0. The third-order valence-electron chi connectivity index (χ3n) is 2.75. The van der Waals surface area contributed by atoms with E-state index in [0.717, 1.165) is 18.8 Å². The van der Waals surface area contributed by atoms with E-state index in [2.05, 4.69) is 56.5 Å². The Morgan fingerprint density at radius 3 is 2.00 bits per heavy atom. The highest BCUT2D eigenvalue weighted by Crippen LogP contribution is 2.18. The summed E-state index contributed by atoms with van der Waals surface area (Å²) in [4.78, 5) is 2.38. The van der Waals surface area contributed by atoms with Crippen LogP contribution >= 0.6 is 0 Å². The maximum Gasteiger partial charge on any atom is 0.0366 e. The van der Waals surface area contributed by atoms with Crippen molar-refractivity contribution >= 4 is 5.70 Å². The fraction of sp³-hybridized carbons (Fsp3) is 0.467. The summed E-state index contributed by atoms with van der Waals surface area (Å²) >= 11 is 0. The molecule has 0 bridgehead atoms. The van der Waals surface area contributed by atoms with E-state index in [4.69, 9.17) is 0 Å². The molecule has 0 saturated heterocycles. The average Bonchev–Trinajstić information content (AvgIpc) is 2.29. The fourth-order valence-corrected chi connectivity index (χ4v) is 1.85. The molecule has 0 aliphatic rings. The van der Waals surface area contributed by atoms with Gasteiger partial charge in [-0.15, -0.1) is 0 Å². The summed E-state index contributed by atoms with van der Waals surface area (Å²) in [6.07, 6.45) is 2.34. The van der Waals surface area contributed by atoms with Gasteiger partial charge in [-0.05, 0) is 25.3 Å². The summed E-state index contributed by atoms with van der Waals surface area (Å²) in [6, 6.07) is 8.62. The highest BCUT2D eigenvalue weighted by molar-refractivity contribution is 5.62. The molecule has 1 heteroatoms. The molecule has 0 aliphatic heterocycles. The highest BCUT2D eigenvalue weighted by Gasteiger charge is 2.07. The third kappa shape index (κ3) is 3.41. The Morgan fingerprint density at radius 2 is 1.56 bits per heavy atom. The van der Waals surface area contributed by atoms with Gasteiger partial charge in [0.15, 0.2) is 0 Å². The second-order valence-electron chi connectivity index (χ2n) is 4.30. The van der Waals surface area contributed by atoms with E-state index in [1.54, 1.807) is 0 Å². The van der Waals surface area contributed by atoms with Crippen molar-refractivity contribution in [1.29, 1.82) is 0 Å². The second kappa shape index (κ2) is 6.37. The zero-order valence-electron chi connectivity index (χ0n) is 10.8. The van der Waals surface area contributed by atoms with E-state index in [0.29, 0.717) is 0 Å². The first-order valence-electron chi connectivity index (χ1n) is 6.20. The van der Waals surface area contributed by atoms with Crippen molar-refractivity contribution < 1.29 is 0 Å². The Balaban J connectivity index is 2.77. The smallest absolute Gasteiger partial charge is 0.0366 e. The van der Waals surface area contributed by atoms with Gasteiger partial charge in [0.2, 0.25) is 0 Å². The van der Waals surface area contributed by atoms with E-state index in [1.807, 2.05) is 0 Å². The molecule has 0 fully saturated rings. The zero-order valence-corrected chi connectivity index (χ0v) is 10.8. The first-order chi connectivity index (χ1) is 7.69. The molecule has 0 aromatic heterocycles. The lowest BCUT2D eigenvalue weighted by atomic mass is 10.1. The Labute approximate surface area is 99.8 Å². The Morgan fingerprint density at radius 1 is 1.06 bits per heavy atom. The van der Waals surface area contributed by atoms with Gasteiger partial charge in [0.25, 0.3) is 0 Å². The monoisotopic (exact) mass is 217 g/mol. The maximum atomic E-state index is 4.22. The van der Waals surface area contributed by atoms with Gasteiger partial charge in [-0.2, -0.15) is 0 Å². The molecule has 0 heterocycles. The van der Waals surface area contributed by atoms with Gasteiger partial charge in [0.1, 0.15) is 0 Å². The van der Waals surface area contributed by atoms with Crippen LogP contribution in [0.3, 0.4) is 0 Å². The van der Waals surface area contributed by atoms with Gasteiger partial charge in [-0.3, -0.25) is 0 Å². The lowest BCUT2D eigenvalue weighted by Gasteiger charge is -2.26. The number of hydrogen-bond donors (Lipinski definition) is 0. The fourth-order valence-electron chi connectivity index (χ4n) is 1.85. The number of rotatable bonds is 6. The molecule has 1 aromatic rings. The Kier molecular flexibility index (Phi) is 5.10. The number of aryl methyl sites for hydroxylation is 1. The number of hydrogen-bond acceptors (Lipinski definition) is 1. The van der Waals surface area contributed by atoms with E-state index >= 15 is 0 Å². The lowest BCUT2D eigenvalue weighted by molar-refractivity contribution is 0.397. The van der Waals surface area contributed by atoms with Crippen LogP contribution in [0.15, 0.2) is 30.8 Å². The van der Waals surface area contributed by atoms with Crippen LogP contribution in [0.1, 0.15) is 37.8 Å². The predicted octanol–water partition coefficient (Wildman–Crippen LogP) is 4.09. The highest BCUT2D eigenvalue weighted by atomic mass is 15.1. The Hall–Kier alpha value is -1.24. The van der Waals surface area contributed by atoms with E-state index in [1.165, 1.54) is 24.0 Å². The van der Waals surface area contributed by atoms with Crippen LogP contribution in [0.4, 0.5) is 0 Å². The van der Waals surface area contributed by atoms with Crippen molar-refractivity contribution in [3.8, 4) is 0 Å². The number of nitrogens with zero attached hydrogens (tertiary/aromatic N) is 1. The lowest BCUT2D eigenvalue weighted by Crippen LogP contribution is -2.23. The zero-order chi connectivity index (χ0) is 12.0. The van der Waals surface area contributed by atoms with E-state index in [9.17, 15) is 0 Å². The standard InChI is InChI=1S/C15H23N/c1-5-11-16(12-6-2)14(4)15-9-7-13(3)8-10-15/h7-10H,4-6,11-12H2,1-3H3. The molecular weight excluding hydrogens is 194 g/mol. The van der Waals surface area contributed by atoms with Crippen molar-refractivity contribution in [2.24, 2.45) is 0 Å². The minimum Gasteiger partial charge on any atom is -0.372 e. The molecule has 1 rings (SSSR count). The van der Waals surface area contributed by atoms with Crippen LogP contribution in [0.2, 0.25) is 0 Å². The average molecular weight is 217 g/mol. The van der Waals surface area contributed by atoms with Crippen LogP contribution in [-0.4, -0.2) is 18.0 Å². The summed E-state index contributed by atoms with van der Waals surface area (Å²) < 4.78 is 0. The molecule has 0 N–H and O–H groups in total. The van der Waals surface area contributed by atoms with Crippen LogP contribution in [-0.2, 0) is 0 Å². The molecule has 0 saturated carbocycles. The van der Waals surface area contributed by atoms with Gasteiger partial charge < -0.3 is 4.90 Å². The molecule has 1 aromatic carbocycles. The number of benzene rings is 1. The molecule has 0 unspecified atom stereocenters. The van der Waals surface area contributed by atoms with Gasteiger partial charge in [0.05, 0.1) is 0 Å². The molecule has 0 atom stereocenters. The first kappa shape index (κ1) is 12.8.